The van der Waals surface area contributed by atoms with Crippen molar-refractivity contribution in [2.75, 3.05) is 5.73 Å². The van der Waals surface area contributed by atoms with E-state index in [2.05, 4.69) is 30.9 Å². The molecule has 23 heavy (non-hydrogen) atoms. The van der Waals surface area contributed by atoms with Crippen molar-refractivity contribution in [1.82, 2.24) is 14.8 Å². The smallest absolute Gasteiger partial charge is 0.151 e. The molecule has 2 aromatic heterocycles. The molecule has 120 valence electrons. The Kier molecular flexibility index (Phi) is 3.56. The number of anilines is 1. The molecule has 0 saturated carbocycles. The van der Waals surface area contributed by atoms with Gasteiger partial charge in [0, 0.05) is 29.6 Å². The van der Waals surface area contributed by atoms with Crippen molar-refractivity contribution >= 4 is 28.3 Å². The third-order valence-electron chi connectivity index (χ3n) is 3.79. The van der Waals surface area contributed by atoms with Crippen LogP contribution in [0, 0.1) is 5.82 Å². The molecule has 3 rings (SSSR count). The maximum absolute atomic E-state index is 14.6. The zero-order valence-corrected chi connectivity index (χ0v) is 14.2. The second-order valence-electron chi connectivity index (χ2n) is 6.67. The van der Waals surface area contributed by atoms with Crippen LogP contribution in [-0.4, -0.2) is 14.8 Å². The maximum Gasteiger partial charge on any atom is 0.151 e. The molecule has 0 unspecified atom stereocenters. The molecule has 0 saturated heterocycles. The van der Waals surface area contributed by atoms with Crippen molar-refractivity contribution < 1.29 is 4.39 Å². The van der Waals surface area contributed by atoms with Gasteiger partial charge < -0.3 is 5.73 Å². The zero-order valence-electron chi connectivity index (χ0n) is 13.5. The Hall–Kier alpha value is -2.14. The van der Waals surface area contributed by atoms with Crippen LogP contribution in [0.25, 0.3) is 22.0 Å². The highest BCUT2D eigenvalue weighted by Gasteiger charge is 2.24. The molecule has 2 heterocycles. The molecule has 4 nitrogen and oxygen atoms in total. The van der Waals surface area contributed by atoms with Gasteiger partial charge in [-0.25, -0.2) is 9.37 Å². The van der Waals surface area contributed by atoms with E-state index < -0.39 is 0 Å². The monoisotopic (exact) mass is 332 g/mol. The second kappa shape index (κ2) is 5.20. The van der Waals surface area contributed by atoms with Crippen LogP contribution in [0.4, 0.5) is 10.2 Å². The topological polar surface area (TPSA) is 56.7 Å². The van der Waals surface area contributed by atoms with Crippen molar-refractivity contribution in [3.8, 4) is 11.1 Å². The Morgan fingerprint density at radius 2 is 1.91 bits per heavy atom. The Labute approximate surface area is 139 Å². The lowest BCUT2D eigenvalue weighted by molar-refractivity contribution is 0.527. The lowest BCUT2D eigenvalue weighted by atomic mass is 9.89. The lowest BCUT2D eigenvalue weighted by Crippen LogP contribution is -2.16. The predicted octanol–water partition coefficient (Wildman–Crippen LogP) is 4.31. The van der Waals surface area contributed by atoms with E-state index in [1.54, 1.807) is 10.7 Å². The minimum absolute atomic E-state index is 0.171. The number of nitrogens with two attached hydrogens (primary N) is 1. The van der Waals surface area contributed by atoms with Crippen molar-refractivity contribution in [3.63, 3.8) is 0 Å². The number of hydrogen-bond acceptors (Lipinski definition) is 3. The first-order chi connectivity index (χ1) is 10.7. The van der Waals surface area contributed by atoms with E-state index in [1.165, 1.54) is 12.3 Å². The number of aromatic nitrogens is 3. The fraction of sp³-hybridized carbons (Fsp3) is 0.294. The van der Waals surface area contributed by atoms with Gasteiger partial charge in [-0.15, -0.1) is 0 Å². The van der Waals surface area contributed by atoms with Gasteiger partial charge in [0.2, 0.25) is 0 Å². The summed E-state index contributed by atoms with van der Waals surface area (Å²) >= 11 is 6.21. The van der Waals surface area contributed by atoms with Gasteiger partial charge in [-0.3, -0.25) is 4.68 Å². The van der Waals surface area contributed by atoms with Crippen molar-refractivity contribution in [2.45, 2.75) is 26.2 Å². The lowest BCUT2D eigenvalue weighted by Gasteiger charge is -2.19. The molecule has 0 aliphatic heterocycles. The summed E-state index contributed by atoms with van der Waals surface area (Å²) in [5.41, 5.74) is 8.21. The van der Waals surface area contributed by atoms with Gasteiger partial charge in [0.1, 0.15) is 11.3 Å². The van der Waals surface area contributed by atoms with Crippen LogP contribution >= 0.6 is 11.6 Å². The van der Waals surface area contributed by atoms with E-state index in [1.807, 2.05) is 13.1 Å². The van der Waals surface area contributed by atoms with Crippen LogP contribution in [-0.2, 0) is 12.5 Å². The summed E-state index contributed by atoms with van der Waals surface area (Å²) in [5.74, 6) is -0.0396. The molecule has 0 atom stereocenters. The number of nitrogens with zero attached hydrogens (tertiary/aromatic N) is 3. The summed E-state index contributed by atoms with van der Waals surface area (Å²) in [7, 11) is 1.83. The standard InChI is InChI=1S/C17H18ClFN4/c1-17(2,3)16-11-5-9(6-13(19)15(11)22-23(16)4)10-7-14(20)21-8-12(10)18/h5-8H,1-4H3,(H2,20,21). The van der Waals surface area contributed by atoms with Gasteiger partial charge in [0.25, 0.3) is 0 Å². The van der Waals surface area contributed by atoms with E-state index in [0.717, 1.165) is 11.1 Å². The molecule has 0 fully saturated rings. The molecule has 0 spiro atoms. The van der Waals surface area contributed by atoms with Gasteiger partial charge in [0.05, 0.1) is 10.7 Å². The normalized spacial score (nSPS) is 12.1. The molecule has 0 radical (unpaired) electrons. The van der Waals surface area contributed by atoms with Gasteiger partial charge in [-0.1, -0.05) is 32.4 Å². The number of pyridine rings is 1. The zero-order chi connectivity index (χ0) is 16.9. The molecule has 1 aromatic carbocycles. The molecule has 0 bridgehead atoms. The number of aryl methyl sites for hydroxylation is 1. The summed E-state index contributed by atoms with van der Waals surface area (Å²) in [6, 6.07) is 4.99. The summed E-state index contributed by atoms with van der Waals surface area (Å²) in [4.78, 5) is 3.95. The van der Waals surface area contributed by atoms with Crippen LogP contribution < -0.4 is 5.73 Å². The van der Waals surface area contributed by atoms with Crippen molar-refractivity contribution in [1.29, 1.82) is 0 Å². The third-order valence-corrected chi connectivity index (χ3v) is 4.09. The van der Waals surface area contributed by atoms with E-state index in [0.29, 0.717) is 27.5 Å². The van der Waals surface area contributed by atoms with Crippen molar-refractivity contribution in [2.24, 2.45) is 7.05 Å². The van der Waals surface area contributed by atoms with E-state index in [-0.39, 0.29) is 11.2 Å². The summed E-state index contributed by atoms with van der Waals surface area (Å²) in [6.45, 7) is 6.22. The first kappa shape index (κ1) is 15.7. The third kappa shape index (κ3) is 2.65. The SMILES string of the molecule is Cn1nc2c(F)cc(-c3cc(N)ncc3Cl)cc2c1C(C)(C)C. The number of nitrogen functional groups attached to an aromatic ring is 1. The molecule has 3 aromatic rings. The Morgan fingerprint density at radius 3 is 2.57 bits per heavy atom. The predicted molar refractivity (Wildman–Crippen MR) is 92.0 cm³/mol. The Balaban J connectivity index is 2.35. The fourth-order valence-electron chi connectivity index (χ4n) is 2.98. The highest BCUT2D eigenvalue weighted by molar-refractivity contribution is 6.33. The largest absolute Gasteiger partial charge is 0.384 e. The van der Waals surface area contributed by atoms with Gasteiger partial charge in [-0.05, 0) is 23.8 Å². The van der Waals surface area contributed by atoms with Gasteiger partial charge in [-0.2, -0.15) is 5.10 Å². The molecule has 0 amide bonds. The number of hydrogen-bond donors (Lipinski definition) is 1. The number of rotatable bonds is 1. The molecular formula is C17H18ClFN4. The van der Waals surface area contributed by atoms with Crippen LogP contribution in [0.1, 0.15) is 26.5 Å². The second-order valence-corrected chi connectivity index (χ2v) is 7.07. The van der Waals surface area contributed by atoms with Crippen LogP contribution in [0.15, 0.2) is 24.4 Å². The quantitative estimate of drug-likeness (QED) is 0.722. The molecule has 0 aliphatic rings. The summed E-state index contributed by atoms with van der Waals surface area (Å²) in [5, 5.41) is 5.53. The van der Waals surface area contributed by atoms with Crippen LogP contribution in [0.3, 0.4) is 0 Å². The molecule has 2 N–H and O–H groups in total. The van der Waals surface area contributed by atoms with Crippen molar-refractivity contribution in [3.05, 3.63) is 40.9 Å². The average molecular weight is 333 g/mol. The summed E-state index contributed by atoms with van der Waals surface area (Å²) < 4.78 is 16.3. The van der Waals surface area contributed by atoms with Crippen LogP contribution in [0.2, 0.25) is 5.02 Å². The molecular weight excluding hydrogens is 315 g/mol. The summed E-state index contributed by atoms with van der Waals surface area (Å²) in [6.07, 6.45) is 1.47. The maximum atomic E-state index is 14.6. The molecule has 6 heteroatoms. The minimum atomic E-state index is -0.380. The number of fused-ring (bicyclic) bond motifs is 1. The van der Waals surface area contributed by atoms with E-state index in [9.17, 15) is 4.39 Å². The van der Waals surface area contributed by atoms with Gasteiger partial charge in [0.15, 0.2) is 5.82 Å². The first-order valence-corrected chi connectivity index (χ1v) is 7.64. The minimum Gasteiger partial charge on any atom is -0.384 e. The Bertz CT molecular complexity index is 909. The first-order valence-electron chi connectivity index (χ1n) is 7.26. The Morgan fingerprint density at radius 1 is 1.22 bits per heavy atom. The molecule has 0 aliphatic carbocycles. The van der Waals surface area contributed by atoms with Crippen LogP contribution in [0.5, 0.6) is 0 Å². The highest BCUT2D eigenvalue weighted by Crippen LogP contribution is 2.36. The van der Waals surface area contributed by atoms with E-state index >= 15 is 0 Å². The fourth-order valence-corrected chi connectivity index (χ4v) is 3.19. The number of halogens is 2. The van der Waals surface area contributed by atoms with E-state index in [4.69, 9.17) is 17.3 Å². The number of benzene rings is 1. The highest BCUT2D eigenvalue weighted by atomic mass is 35.5. The van der Waals surface area contributed by atoms with Gasteiger partial charge >= 0.3 is 0 Å². The average Bonchev–Trinajstić information content (AvgIpc) is 2.78.